The van der Waals surface area contributed by atoms with E-state index in [9.17, 15) is 14.4 Å². The van der Waals surface area contributed by atoms with Crippen molar-refractivity contribution in [1.82, 2.24) is 15.0 Å². The van der Waals surface area contributed by atoms with Crippen LogP contribution in [0.15, 0.2) is 53.1 Å². The van der Waals surface area contributed by atoms with Gasteiger partial charge in [-0.1, -0.05) is 35.5 Å². The SMILES string of the molecule is O=C(c1ccc2noc(-c3ccccc3)c2c1)N1CC[C@@H](N2C(=O)COC2=O)C1. The van der Waals surface area contributed by atoms with Crippen molar-refractivity contribution < 1.29 is 23.6 Å². The first-order valence-electron chi connectivity index (χ1n) is 9.35. The molecular formula is C21H17N3O5. The first-order valence-corrected chi connectivity index (χ1v) is 9.35. The first kappa shape index (κ1) is 17.4. The molecule has 2 saturated heterocycles. The van der Waals surface area contributed by atoms with Crippen LogP contribution in [0, 0.1) is 0 Å². The minimum atomic E-state index is -0.632. The Morgan fingerprint density at radius 1 is 1.10 bits per heavy atom. The Kier molecular flexibility index (Phi) is 4.04. The molecule has 3 aromatic rings. The highest BCUT2D eigenvalue weighted by atomic mass is 16.6. The van der Waals surface area contributed by atoms with Crippen LogP contribution in [-0.4, -0.2) is 58.6 Å². The third-order valence-corrected chi connectivity index (χ3v) is 5.36. The second kappa shape index (κ2) is 6.73. The van der Waals surface area contributed by atoms with E-state index in [1.54, 1.807) is 23.1 Å². The number of carbonyl (C=O) groups is 3. The molecule has 3 heterocycles. The first-order chi connectivity index (χ1) is 14.1. The smallest absolute Gasteiger partial charge is 0.417 e. The minimum absolute atomic E-state index is 0.158. The molecule has 0 N–H and O–H groups in total. The minimum Gasteiger partial charge on any atom is -0.439 e. The van der Waals surface area contributed by atoms with Gasteiger partial charge in [-0.15, -0.1) is 0 Å². The molecule has 2 fully saturated rings. The molecule has 0 bridgehead atoms. The van der Waals surface area contributed by atoms with Crippen molar-refractivity contribution in [2.24, 2.45) is 0 Å². The van der Waals surface area contributed by atoms with Crippen LogP contribution in [0.4, 0.5) is 4.79 Å². The van der Waals surface area contributed by atoms with E-state index >= 15 is 0 Å². The van der Waals surface area contributed by atoms with Crippen LogP contribution in [0.1, 0.15) is 16.8 Å². The monoisotopic (exact) mass is 391 g/mol. The molecule has 0 unspecified atom stereocenters. The molecule has 8 nitrogen and oxygen atoms in total. The fourth-order valence-corrected chi connectivity index (χ4v) is 3.91. The van der Waals surface area contributed by atoms with Crippen molar-refractivity contribution in [2.45, 2.75) is 12.5 Å². The summed E-state index contributed by atoms with van der Waals surface area (Å²) >= 11 is 0. The zero-order valence-corrected chi connectivity index (χ0v) is 15.4. The molecule has 2 aliphatic heterocycles. The van der Waals surface area contributed by atoms with Crippen LogP contribution in [0.3, 0.4) is 0 Å². The summed E-state index contributed by atoms with van der Waals surface area (Å²) in [6.45, 7) is 0.538. The van der Waals surface area contributed by atoms with Gasteiger partial charge < -0.3 is 14.2 Å². The Balaban J connectivity index is 1.40. The highest BCUT2D eigenvalue weighted by Crippen LogP contribution is 2.30. The fourth-order valence-electron chi connectivity index (χ4n) is 3.91. The topological polar surface area (TPSA) is 93.0 Å². The molecule has 1 atom stereocenters. The molecule has 5 rings (SSSR count). The molecule has 1 aromatic heterocycles. The van der Waals surface area contributed by atoms with Crippen molar-refractivity contribution in [3.05, 3.63) is 54.1 Å². The maximum atomic E-state index is 13.0. The predicted octanol–water partition coefficient (Wildman–Crippen LogP) is 2.69. The molecule has 2 aromatic carbocycles. The van der Waals surface area contributed by atoms with Crippen LogP contribution in [0.5, 0.6) is 0 Å². The van der Waals surface area contributed by atoms with Crippen LogP contribution >= 0.6 is 0 Å². The highest BCUT2D eigenvalue weighted by molar-refractivity contribution is 6.01. The molecule has 29 heavy (non-hydrogen) atoms. The lowest BCUT2D eigenvalue weighted by molar-refractivity contribution is -0.127. The molecule has 0 saturated carbocycles. The normalized spacial score (nSPS) is 19.2. The molecular weight excluding hydrogens is 374 g/mol. The maximum Gasteiger partial charge on any atom is 0.417 e. The van der Waals surface area contributed by atoms with Crippen LogP contribution < -0.4 is 0 Å². The number of hydrogen-bond acceptors (Lipinski definition) is 6. The molecule has 3 amide bonds. The van der Waals surface area contributed by atoms with Gasteiger partial charge in [0.25, 0.3) is 11.8 Å². The second-order valence-corrected chi connectivity index (χ2v) is 7.12. The lowest BCUT2D eigenvalue weighted by atomic mass is 10.1. The number of hydrogen-bond donors (Lipinski definition) is 0. The van der Waals surface area contributed by atoms with Gasteiger partial charge in [0.1, 0.15) is 5.52 Å². The van der Waals surface area contributed by atoms with E-state index in [-0.39, 0.29) is 24.5 Å². The maximum absolute atomic E-state index is 13.0. The summed E-state index contributed by atoms with van der Waals surface area (Å²) < 4.78 is 10.3. The van der Waals surface area contributed by atoms with Crippen LogP contribution in [0.2, 0.25) is 0 Å². The Labute approximate surface area is 165 Å². The molecule has 146 valence electrons. The number of likely N-dealkylation sites (tertiary alicyclic amines) is 1. The van der Waals surface area contributed by atoms with Gasteiger partial charge in [-0.2, -0.15) is 0 Å². The fraction of sp³-hybridized carbons (Fsp3) is 0.238. The van der Waals surface area contributed by atoms with E-state index in [0.29, 0.717) is 36.4 Å². The third-order valence-electron chi connectivity index (χ3n) is 5.36. The lowest BCUT2D eigenvalue weighted by Crippen LogP contribution is -2.42. The molecule has 8 heteroatoms. The molecule has 0 aliphatic carbocycles. The van der Waals surface area contributed by atoms with Crippen molar-refractivity contribution in [3.8, 4) is 11.3 Å². The van der Waals surface area contributed by atoms with Gasteiger partial charge in [0, 0.05) is 24.2 Å². The number of rotatable bonds is 3. The summed E-state index contributed by atoms with van der Waals surface area (Å²) in [5.41, 5.74) is 2.06. The Morgan fingerprint density at radius 3 is 2.69 bits per heavy atom. The zero-order valence-electron chi connectivity index (χ0n) is 15.4. The van der Waals surface area contributed by atoms with E-state index in [1.165, 1.54) is 0 Å². The van der Waals surface area contributed by atoms with Gasteiger partial charge in [-0.3, -0.25) is 9.59 Å². The van der Waals surface area contributed by atoms with E-state index < -0.39 is 6.09 Å². The van der Waals surface area contributed by atoms with Gasteiger partial charge in [-0.25, -0.2) is 9.69 Å². The summed E-state index contributed by atoms with van der Waals surface area (Å²) in [5.74, 6) is 0.0993. The van der Waals surface area contributed by atoms with Gasteiger partial charge >= 0.3 is 6.09 Å². The summed E-state index contributed by atoms with van der Waals surface area (Å²) in [6, 6.07) is 14.5. The lowest BCUT2D eigenvalue weighted by Gasteiger charge is -2.20. The number of benzene rings is 2. The predicted molar refractivity (Wildman–Crippen MR) is 102 cm³/mol. The molecule has 0 spiro atoms. The summed E-state index contributed by atoms with van der Waals surface area (Å²) in [6.07, 6.45) is -0.0927. The Bertz CT molecular complexity index is 1110. The standard InChI is InChI=1S/C21H17N3O5/c25-18-12-28-21(27)24(18)15-8-9-23(11-15)20(26)14-6-7-17-16(10-14)19(29-22-17)13-4-2-1-3-5-13/h1-7,10,15H,8-9,11-12H2/t15-/m1/s1. The summed E-state index contributed by atoms with van der Waals surface area (Å²) in [5, 5.41) is 4.84. The summed E-state index contributed by atoms with van der Waals surface area (Å²) in [4.78, 5) is 39.5. The molecule has 2 aliphatic rings. The number of aromatic nitrogens is 1. The average molecular weight is 391 g/mol. The van der Waals surface area contributed by atoms with Gasteiger partial charge in [0.2, 0.25) is 0 Å². The van der Waals surface area contributed by atoms with E-state index in [4.69, 9.17) is 9.26 Å². The number of nitrogens with zero attached hydrogens (tertiary/aromatic N) is 3. The van der Waals surface area contributed by atoms with Crippen molar-refractivity contribution >= 4 is 28.8 Å². The number of fused-ring (bicyclic) bond motifs is 1. The Morgan fingerprint density at radius 2 is 1.93 bits per heavy atom. The zero-order chi connectivity index (χ0) is 20.0. The van der Waals surface area contributed by atoms with E-state index in [0.717, 1.165) is 15.8 Å². The van der Waals surface area contributed by atoms with Gasteiger partial charge in [-0.05, 0) is 24.6 Å². The summed E-state index contributed by atoms with van der Waals surface area (Å²) in [7, 11) is 0. The number of cyclic esters (lactones) is 1. The van der Waals surface area contributed by atoms with Crippen molar-refractivity contribution in [1.29, 1.82) is 0 Å². The van der Waals surface area contributed by atoms with Gasteiger partial charge in [0.05, 0.1) is 11.4 Å². The van der Waals surface area contributed by atoms with E-state index in [2.05, 4.69) is 5.16 Å². The molecule has 0 radical (unpaired) electrons. The quantitative estimate of drug-likeness (QED) is 0.682. The second-order valence-electron chi connectivity index (χ2n) is 7.12. The van der Waals surface area contributed by atoms with Crippen molar-refractivity contribution in [3.63, 3.8) is 0 Å². The van der Waals surface area contributed by atoms with Crippen LogP contribution in [-0.2, 0) is 9.53 Å². The number of amides is 3. The van der Waals surface area contributed by atoms with Crippen molar-refractivity contribution in [2.75, 3.05) is 19.7 Å². The largest absolute Gasteiger partial charge is 0.439 e. The average Bonchev–Trinajstić information content (AvgIpc) is 3.46. The van der Waals surface area contributed by atoms with Crippen LogP contribution in [0.25, 0.3) is 22.2 Å². The Hall–Kier alpha value is -3.68. The van der Waals surface area contributed by atoms with E-state index in [1.807, 2.05) is 30.3 Å². The third kappa shape index (κ3) is 2.93. The highest BCUT2D eigenvalue weighted by Gasteiger charge is 2.41. The number of ether oxygens (including phenoxy) is 1. The number of imide groups is 1. The number of carbonyl (C=O) groups excluding carboxylic acids is 3. The van der Waals surface area contributed by atoms with Gasteiger partial charge in [0.15, 0.2) is 12.4 Å².